The maximum atomic E-state index is 11.4. The van der Waals surface area contributed by atoms with Crippen LogP contribution in [0.25, 0.3) is 0 Å². The van der Waals surface area contributed by atoms with Crippen LogP contribution in [0.15, 0.2) is 0 Å². The number of carbonyl (C=O) groups excluding carboxylic acids is 2. The Labute approximate surface area is 113 Å². The van der Waals surface area contributed by atoms with Crippen LogP contribution in [0.3, 0.4) is 0 Å². The van der Waals surface area contributed by atoms with Crippen LogP contribution < -0.4 is 11.1 Å². The van der Waals surface area contributed by atoms with E-state index in [1.807, 2.05) is 0 Å². The molecule has 1 amide bonds. The van der Waals surface area contributed by atoms with Crippen molar-refractivity contribution in [1.29, 1.82) is 0 Å². The second-order valence-electron chi connectivity index (χ2n) is 3.83. The first kappa shape index (κ1) is 17.8. The zero-order valence-electron chi connectivity index (χ0n) is 11.6. The van der Waals surface area contributed by atoms with E-state index >= 15 is 0 Å². The smallest absolute Gasteiger partial charge is 0.332 e. The molecule has 0 saturated heterocycles. The summed E-state index contributed by atoms with van der Waals surface area (Å²) in [5.41, 5.74) is 5.42. The van der Waals surface area contributed by atoms with E-state index in [0.29, 0.717) is 26.4 Å². The molecule has 1 atom stereocenters. The van der Waals surface area contributed by atoms with E-state index in [-0.39, 0.29) is 6.61 Å². The Morgan fingerprint density at radius 2 is 1.95 bits per heavy atom. The maximum absolute atomic E-state index is 11.4. The molecule has 0 aliphatic rings. The Bertz CT molecular complexity index is 261. The quantitative estimate of drug-likeness (QED) is 0.298. The van der Waals surface area contributed by atoms with Crippen molar-refractivity contribution in [2.45, 2.75) is 25.8 Å². The van der Waals surface area contributed by atoms with Gasteiger partial charge in [0.15, 0.2) is 6.04 Å². The fourth-order valence-corrected chi connectivity index (χ4v) is 1.23. The van der Waals surface area contributed by atoms with Gasteiger partial charge in [-0.3, -0.25) is 4.79 Å². The predicted octanol–water partition coefficient (Wildman–Crippen LogP) is -0.564. The summed E-state index contributed by atoms with van der Waals surface area (Å²) >= 11 is 0. The van der Waals surface area contributed by atoms with E-state index in [0.717, 1.165) is 12.8 Å². The van der Waals surface area contributed by atoms with Gasteiger partial charge in [-0.15, -0.1) is 0 Å². The Balaban J connectivity index is 3.50. The van der Waals surface area contributed by atoms with E-state index in [1.165, 1.54) is 0 Å². The van der Waals surface area contributed by atoms with Crippen LogP contribution in [0.4, 0.5) is 0 Å². The van der Waals surface area contributed by atoms with Crippen molar-refractivity contribution in [3.05, 3.63) is 0 Å². The fourth-order valence-electron chi connectivity index (χ4n) is 1.23. The number of nitrogens with one attached hydrogen (secondary N) is 1. The maximum Gasteiger partial charge on any atom is 0.332 e. The van der Waals surface area contributed by atoms with Crippen molar-refractivity contribution in [2.24, 2.45) is 5.73 Å². The molecule has 0 bridgehead atoms. The largest absolute Gasteiger partial charge is 0.464 e. The van der Waals surface area contributed by atoms with Crippen molar-refractivity contribution in [1.82, 2.24) is 5.32 Å². The van der Waals surface area contributed by atoms with Crippen LogP contribution in [0.5, 0.6) is 0 Å². The monoisotopic (exact) mass is 276 g/mol. The van der Waals surface area contributed by atoms with E-state index in [4.69, 9.17) is 15.2 Å². The second-order valence-corrected chi connectivity index (χ2v) is 3.83. The first-order chi connectivity index (χ1) is 9.13. The molecule has 1 unspecified atom stereocenters. The normalized spacial score (nSPS) is 11.9. The number of methoxy groups -OCH3 is 1. The molecule has 19 heavy (non-hydrogen) atoms. The molecule has 0 radical (unpaired) electrons. The lowest BCUT2D eigenvalue weighted by Crippen LogP contribution is -2.47. The molecule has 0 aliphatic carbocycles. The van der Waals surface area contributed by atoms with Gasteiger partial charge in [-0.25, -0.2) is 4.79 Å². The second kappa shape index (κ2) is 11.9. The fraction of sp³-hybridized carbons (Fsp3) is 0.833. The molecule has 7 heteroatoms. The van der Waals surface area contributed by atoms with Gasteiger partial charge in [-0.1, -0.05) is 0 Å². The summed E-state index contributed by atoms with van der Waals surface area (Å²) in [6.45, 7) is 4.08. The van der Waals surface area contributed by atoms with Crippen LogP contribution in [0.2, 0.25) is 0 Å². The molecule has 7 nitrogen and oxygen atoms in total. The molecular weight excluding hydrogens is 252 g/mol. The molecular formula is C12H24N2O5. The number of unbranched alkanes of at least 4 members (excludes halogenated alkanes) is 1. The molecule has 0 rings (SSSR count). The Morgan fingerprint density at radius 3 is 2.58 bits per heavy atom. The average molecular weight is 276 g/mol. The molecule has 0 saturated carbocycles. The molecule has 0 aromatic rings. The van der Waals surface area contributed by atoms with Crippen LogP contribution in [0.1, 0.15) is 19.8 Å². The topological polar surface area (TPSA) is 99.9 Å². The number of rotatable bonds is 11. The molecule has 112 valence electrons. The van der Waals surface area contributed by atoms with Crippen molar-refractivity contribution < 1.29 is 23.8 Å². The Hall–Kier alpha value is -1.18. The highest BCUT2D eigenvalue weighted by Crippen LogP contribution is 1.91. The van der Waals surface area contributed by atoms with Crippen molar-refractivity contribution in [3.63, 3.8) is 0 Å². The zero-order chi connectivity index (χ0) is 14.5. The number of esters is 1. The molecule has 0 spiro atoms. The third-order valence-electron chi connectivity index (χ3n) is 2.27. The minimum atomic E-state index is -1.25. The summed E-state index contributed by atoms with van der Waals surface area (Å²) < 4.78 is 14.7. The number of ether oxygens (including phenoxy) is 3. The summed E-state index contributed by atoms with van der Waals surface area (Å²) in [6, 6.07) is -1.25. The molecule has 0 heterocycles. The highest BCUT2D eigenvalue weighted by molar-refractivity contribution is 6.01. The molecule has 0 fully saturated rings. The summed E-state index contributed by atoms with van der Waals surface area (Å²) in [7, 11) is 1.62. The summed E-state index contributed by atoms with van der Waals surface area (Å²) in [6.07, 6.45) is 1.58. The standard InChI is InChI=1S/C12H24N2O5/c1-3-19-12(16)10(13)11(15)14-6-4-5-7-18-9-8-17-2/h10H,3-9,13H2,1-2H3,(H,14,15). The van der Waals surface area contributed by atoms with Gasteiger partial charge in [0, 0.05) is 20.3 Å². The summed E-state index contributed by atoms with van der Waals surface area (Å²) in [5.74, 6) is -1.22. The van der Waals surface area contributed by atoms with Crippen molar-refractivity contribution in [2.75, 3.05) is 40.1 Å². The average Bonchev–Trinajstić information content (AvgIpc) is 2.41. The van der Waals surface area contributed by atoms with Crippen LogP contribution in [-0.2, 0) is 23.8 Å². The van der Waals surface area contributed by atoms with E-state index in [2.05, 4.69) is 10.1 Å². The van der Waals surface area contributed by atoms with Gasteiger partial charge >= 0.3 is 5.97 Å². The van der Waals surface area contributed by atoms with Gasteiger partial charge in [0.05, 0.1) is 19.8 Å². The van der Waals surface area contributed by atoms with Gasteiger partial charge < -0.3 is 25.3 Å². The van der Waals surface area contributed by atoms with Crippen molar-refractivity contribution >= 4 is 11.9 Å². The minimum absolute atomic E-state index is 0.207. The highest BCUT2D eigenvalue weighted by Gasteiger charge is 2.22. The minimum Gasteiger partial charge on any atom is -0.464 e. The third kappa shape index (κ3) is 9.40. The first-order valence-electron chi connectivity index (χ1n) is 6.40. The number of hydrogen-bond acceptors (Lipinski definition) is 6. The van der Waals surface area contributed by atoms with Crippen LogP contribution in [-0.4, -0.2) is 58.0 Å². The molecule has 0 aliphatic heterocycles. The predicted molar refractivity (Wildman–Crippen MR) is 69.5 cm³/mol. The zero-order valence-corrected chi connectivity index (χ0v) is 11.6. The van der Waals surface area contributed by atoms with Gasteiger partial charge in [-0.05, 0) is 19.8 Å². The number of amides is 1. The number of nitrogens with two attached hydrogens (primary N) is 1. The Morgan fingerprint density at radius 1 is 1.21 bits per heavy atom. The van der Waals surface area contributed by atoms with Gasteiger partial charge in [0.1, 0.15) is 0 Å². The first-order valence-corrected chi connectivity index (χ1v) is 6.40. The van der Waals surface area contributed by atoms with E-state index in [1.54, 1.807) is 14.0 Å². The summed E-state index contributed by atoms with van der Waals surface area (Å²) in [5, 5.41) is 2.58. The lowest BCUT2D eigenvalue weighted by atomic mass is 10.2. The highest BCUT2D eigenvalue weighted by atomic mass is 16.5. The van der Waals surface area contributed by atoms with E-state index < -0.39 is 17.9 Å². The Kier molecular flexibility index (Phi) is 11.1. The SMILES string of the molecule is CCOC(=O)C(N)C(=O)NCCCCOCCOC. The van der Waals surface area contributed by atoms with Gasteiger partial charge in [0.2, 0.25) is 5.91 Å². The van der Waals surface area contributed by atoms with Crippen LogP contribution >= 0.6 is 0 Å². The van der Waals surface area contributed by atoms with Crippen molar-refractivity contribution in [3.8, 4) is 0 Å². The molecule has 0 aromatic carbocycles. The van der Waals surface area contributed by atoms with Crippen LogP contribution in [0, 0.1) is 0 Å². The lowest BCUT2D eigenvalue weighted by Gasteiger charge is -2.11. The lowest BCUT2D eigenvalue weighted by molar-refractivity contribution is -0.147. The molecule has 3 N–H and O–H groups in total. The number of hydrogen-bond donors (Lipinski definition) is 2. The molecule has 0 aromatic heterocycles. The summed E-state index contributed by atoms with van der Waals surface area (Å²) in [4.78, 5) is 22.6. The van der Waals surface area contributed by atoms with Gasteiger partial charge in [0.25, 0.3) is 0 Å². The third-order valence-corrected chi connectivity index (χ3v) is 2.27. The van der Waals surface area contributed by atoms with Gasteiger partial charge in [-0.2, -0.15) is 0 Å². The number of carbonyl (C=O) groups is 2. The van der Waals surface area contributed by atoms with E-state index in [9.17, 15) is 9.59 Å².